The zero-order valence-corrected chi connectivity index (χ0v) is 60.7. The Bertz CT molecular complexity index is 6350. The van der Waals surface area contributed by atoms with Crippen molar-refractivity contribution in [2.24, 2.45) is 0 Å². The SMILES string of the molecule is c1ccc(-n2c(-c3cc(-c4cc(-c5cc(-c6nc7cccnc7n6-c6ccccc6)cc(-c6nc7cccnc7n6-c6ccccc6)c5)cc(-c5cc(-c6nc7cccnc7n6-c6ccccc6)cc(-c6nc7cccnc7n6-c6ccccc6)c5)c4)cc(-c4nc5cccnc5n4-c4ccccc4)c3)nc3cccnc32)cc1. The molecule has 0 aliphatic heterocycles. The van der Waals surface area contributed by atoms with Crippen molar-refractivity contribution < 1.29 is 0 Å². The number of benzene rings is 10. The number of hydrogen-bond donors (Lipinski definition) is 0. The molecule has 10 aromatic carbocycles. The van der Waals surface area contributed by atoms with Crippen LogP contribution < -0.4 is 0 Å². The smallest absolute Gasteiger partial charge is 0.164 e. The van der Waals surface area contributed by atoms with Crippen molar-refractivity contribution in [3.8, 4) is 136 Å². The van der Waals surface area contributed by atoms with Gasteiger partial charge in [-0.15, -0.1) is 0 Å². The molecule has 0 bridgehead atoms. The van der Waals surface area contributed by atoms with Crippen molar-refractivity contribution in [2.75, 3.05) is 0 Å². The van der Waals surface area contributed by atoms with Crippen LogP contribution in [0.1, 0.15) is 0 Å². The fourth-order valence-corrected chi connectivity index (χ4v) is 15.9. The van der Waals surface area contributed by atoms with Gasteiger partial charge in [-0.2, -0.15) is 0 Å². The molecule has 114 heavy (non-hydrogen) atoms. The predicted molar refractivity (Wildman–Crippen MR) is 450 cm³/mol. The van der Waals surface area contributed by atoms with Gasteiger partial charge in [-0.05, 0) is 252 Å². The molecule has 0 amide bonds. The average Bonchev–Trinajstić information content (AvgIpc) is 1.57. The molecular weight excluding hydrogens is 1410 g/mol. The van der Waals surface area contributed by atoms with E-state index in [1.165, 1.54) is 0 Å². The summed E-state index contributed by atoms with van der Waals surface area (Å²) in [5.41, 5.74) is 24.2. The van der Waals surface area contributed by atoms with Gasteiger partial charge in [-0.1, -0.05) is 109 Å². The Labute approximate surface area is 651 Å². The second-order valence-electron chi connectivity index (χ2n) is 27.9. The summed E-state index contributed by atoms with van der Waals surface area (Å²) in [4.78, 5) is 63.3. The molecule has 18 nitrogen and oxygen atoms in total. The van der Waals surface area contributed by atoms with Gasteiger partial charge >= 0.3 is 0 Å². The number of hydrogen-bond acceptors (Lipinski definition) is 12. The highest BCUT2D eigenvalue weighted by Gasteiger charge is 2.27. The molecule has 12 heterocycles. The summed E-state index contributed by atoms with van der Waals surface area (Å²) in [5, 5.41) is 0. The second kappa shape index (κ2) is 26.9. The molecule has 0 fully saturated rings. The summed E-state index contributed by atoms with van der Waals surface area (Å²) in [7, 11) is 0. The number of imidazole rings is 6. The van der Waals surface area contributed by atoms with Crippen LogP contribution in [0, 0.1) is 0 Å². The lowest BCUT2D eigenvalue weighted by Gasteiger charge is -2.18. The third-order valence-corrected chi connectivity index (χ3v) is 20.9. The van der Waals surface area contributed by atoms with Crippen LogP contribution >= 0.6 is 0 Å². The van der Waals surface area contributed by atoms with Crippen molar-refractivity contribution in [3.63, 3.8) is 0 Å². The fourth-order valence-electron chi connectivity index (χ4n) is 15.9. The van der Waals surface area contributed by atoms with E-state index in [4.69, 9.17) is 59.8 Å². The first kappa shape index (κ1) is 65.0. The van der Waals surface area contributed by atoms with E-state index in [-0.39, 0.29) is 0 Å². The van der Waals surface area contributed by atoms with E-state index >= 15 is 0 Å². The molecule has 0 atom stereocenters. The minimum absolute atomic E-state index is 0.683. The number of aromatic nitrogens is 18. The number of pyridine rings is 6. The van der Waals surface area contributed by atoms with Gasteiger partial charge in [-0.25, -0.2) is 59.8 Å². The lowest BCUT2D eigenvalue weighted by Crippen LogP contribution is -2.02. The van der Waals surface area contributed by atoms with Gasteiger partial charge in [-0.3, -0.25) is 27.4 Å². The maximum Gasteiger partial charge on any atom is 0.164 e. The highest BCUT2D eigenvalue weighted by Crippen LogP contribution is 2.45. The van der Waals surface area contributed by atoms with Crippen LogP contribution in [0.25, 0.3) is 203 Å². The van der Waals surface area contributed by atoms with Gasteiger partial charge in [0.05, 0.1) is 0 Å². The molecule has 0 unspecified atom stereocenters. The molecular formula is C96H60N18. The van der Waals surface area contributed by atoms with Crippen molar-refractivity contribution in [1.29, 1.82) is 0 Å². The summed E-state index contributed by atoms with van der Waals surface area (Å²) in [6.07, 6.45) is 10.9. The van der Waals surface area contributed by atoms with Crippen molar-refractivity contribution >= 4 is 67.0 Å². The van der Waals surface area contributed by atoms with Crippen molar-refractivity contribution in [1.82, 2.24) is 87.2 Å². The first-order valence-electron chi connectivity index (χ1n) is 37.5. The maximum atomic E-state index is 5.53. The van der Waals surface area contributed by atoms with Gasteiger partial charge < -0.3 is 0 Å². The maximum absolute atomic E-state index is 5.53. The quantitative estimate of drug-likeness (QED) is 0.0947. The van der Waals surface area contributed by atoms with Crippen LogP contribution in [0.3, 0.4) is 0 Å². The third-order valence-electron chi connectivity index (χ3n) is 20.9. The molecule has 0 saturated carbocycles. The van der Waals surface area contributed by atoms with Crippen LogP contribution in [0.4, 0.5) is 0 Å². The first-order valence-corrected chi connectivity index (χ1v) is 37.5. The number of rotatable bonds is 15. The zero-order chi connectivity index (χ0) is 75.2. The number of para-hydroxylation sites is 6. The van der Waals surface area contributed by atoms with Crippen LogP contribution in [-0.2, 0) is 0 Å². The van der Waals surface area contributed by atoms with Crippen LogP contribution in [0.5, 0.6) is 0 Å². The van der Waals surface area contributed by atoms with Gasteiger partial charge in [0.1, 0.15) is 68.0 Å². The van der Waals surface area contributed by atoms with E-state index in [2.05, 4.69) is 173 Å². The molecule has 0 aliphatic rings. The molecule has 0 N–H and O–H groups in total. The summed E-state index contributed by atoms with van der Waals surface area (Å²) in [6.45, 7) is 0. The molecule has 22 rings (SSSR count). The standard InChI is InChI=1S/C96H60N18/c1-7-25-73(26-8-1)109-85(103-79-37-19-43-97-91(79)109)67-52-64(53-68(58-67)86-104-80-38-20-44-98-92(80)110(86)74-27-9-2-10-28-74)61-49-62(65-54-69(87-105-81-39-21-45-99-93(81)111(87)75-29-11-3-12-30-75)59-70(55-65)88-106-82-40-22-46-100-94(82)112(88)76-31-13-4-14-32-76)51-63(50-61)66-56-71(89-107-83-41-23-47-101-95(83)113(89)77-33-15-5-16-34-77)60-72(57-66)90-108-84-42-24-48-102-96(84)114(90)78-35-17-6-18-36-78/h1-60H. The molecule has 0 saturated heterocycles. The van der Waals surface area contributed by atoms with E-state index in [1.807, 2.05) is 219 Å². The monoisotopic (exact) mass is 1460 g/mol. The Balaban J connectivity index is 0.872. The molecule has 0 aliphatic carbocycles. The first-order chi connectivity index (χ1) is 56.5. The van der Waals surface area contributed by atoms with Crippen molar-refractivity contribution in [3.05, 3.63) is 365 Å². The van der Waals surface area contributed by atoms with Crippen LogP contribution in [0.2, 0.25) is 0 Å². The van der Waals surface area contributed by atoms with Crippen LogP contribution in [-0.4, -0.2) is 87.2 Å². The number of nitrogens with zero attached hydrogens (tertiary/aromatic N) is 18. The number of fused-ring (bicyclic) bond motifs is 6. The van der Waals surface area contributed by atoms with Gasteiger partial charge in [0.15, 0.2) is 33.9 Å². The van der Waals surface area contributed by atoms with Crippen LogP contribution in [0.15, 0.2) is 365 Å². The lowest BCUT2D eigenvalue weighted by molar-refractivity contribution is 1.07. The highest BCUT2D eigenvalue weighted by atomic mass is 15.2. The van der Waals surface area contributed by atoms with Gasteiger partial charge in [0.2, 0.25) is 0 Å². The molecule has 18 heteroatoms. The fraction of sp³-hybridized carbons (Fsp3) is 0. The largest absolute Gasteiger partial charge is 0.277 e. The summed E-state index contributed by atoms with van der Waals surface area (Å²) in [5.74, 6) is 4.10. The Kier molecular flexibility index (Phi) is 15.4. The Hall–Kier alpha value is -16.1. The normalized spacial score (nSPS) is 11.7. The van der Waals surface area contributed by atoms with E-state index in [9.17, 15) is 0 Å². The minimum Gasteiger partial charge on any atom is -0.277 e. The summed E-state index contributed by atoms with van der Waals surface area (Å²) < 4.78 is 12.9. The molecule has 0 spiro atoms. The predicted octanol–water partition coefficient (Wildman–Crippen LogP) is 21.1. The molecule has 12 aromatic heterocycles. The van der Waals surface area contributed by atoms with Crippen molar-refractivity contribution in [2.45, 2.75) is 0 Å². The Morgan fingerprint density at radius 2 is 0.281 bits per heavy atom. The summed E-state index contributed by atoms with van der Waals surface area (Å²) in [6, 6.07) is 113. The Morgan fingerprint density at radius 1 is 0.140 bits per heavy atom. The topological polar surface area (TPSA) is 184 Å². The lowest BCUT2D eigenvalue weighted by atomic mass is 9.89. The minimum atomic E-state index is 0.683. The molecule has 0 radical (unpaired) electrons. The van der Waals surface area contributed by atoms with Gasteiger partial charge in [0, 0.05) is 105 Å². The highest BCUT2D eigenvalue weighted by molar-refractivity contribution is 5.94. The van der Waals surface area contributed by atoms with E-state index in [0.717, 1.165) is 134 Å². The Morgan fingerprint density at radius 3 is 0.439 bits per heavy atom. The molecule has 22 aromatic rings. The van der Waals surface area contributed by atoms with E-state index in [1.54, 1.807) is 0 Å². The third kappa shape index (κ3) is 11.2. The molecule has 534 valence electrons. The van der Waals surface area contributed by atoms with Gasteiger partial charge in [0.25, 0.3) is 0 Å². The average molecular weight is 1470 g/mol. The summed E-state index contributed by atoms with van der Waals surface area (Å²) >= 11 is 0. The van der Waals surface area contributed by atoms with E-state index < -0.39 is 0 Å². The second-order valence-corrected chi connectivity index (χ2v) is 27.9. The zero-order valence-electron chi connectivity index (χ0n) is 60.7. The van der Waals surface area contributed by atoms with E-state index in [0.29, 0.717) is 68.8 Å².